The van der Waals surface area contributed by atoms with Gasteiger partial charge in [-0.05, 0) is 39.0 Å². The van der Waals surface area contributed by atoms with Gasteiger partial charge in [-0.15, -0.1) is 11.8 Å². The summed E-state index contributed by atoms with van der Waals surface area (Å²) in [5.41, 5.74) is 1.35. The molecule has 0 atom stereocenters. The lowest BCUT2D eigenvalue weighted by atomic mass is 10.2. The van der Waals surface area contributed by atoms with Crippen molar-refractivity contribution in [3.05, 3.63) is 40.4 Å². The second-order valence-electron chi connectivity index (χ2n) is 6.40. The standard InChI is InChI=1S/C20H22N4O5S2/c1-4-24-14-7-6-13(19(27)28-5-2)9-15(14)31-20(24)22-18(26)11-30-10-17(25)21-16-8-12(3)29-23-16/h6-9H,4-5,10-11H2,1-3H3,(H,21,23,25). The molecule has 0 aliphatic rings. The van der Waals surface area contributed by atoms with Gasteiger partial charge in [-0.3, -0.25) is 9.59 Å². The van der Waals surface area contributed by atoms with E-state index in [0.717, 1.165) is 10.2 Å². The van der Waals surface area contributed by atoms with Crippen LogP contribution in [0.15, 0.2) is 33.8 Å². The van der Waals surface area contributed by atoms with Gasteiger partial charge in [-0.25, -0.2) is 4.79 Å². The number of thioether (sulfide) groups is 1. The molecule has 3 rings (SSSR count). The number of benzene rings is 1. The fraction of sp³-hybridized carbons (Fsp3) is 0.350. The zero-order chi connectivity index (χ0) is 22.4. The zero-order valence-corrected chi connectivity index (χ0v) is 19.0. The van der Waals surface area contributed by atoms with Crippen molar-refractivity contribution in [3.8, 4) is 0 Å². The number of nitrogens with zero attached hydrogens (tertiary/aromatic N) is 3. The summed E-state index contributed by atoms with van der Waals surface area (Å²) in [5, 5.41) is 6.29. The number of ether oxygens (including phenoxy) is 1. The summed E-state index contributed by atoms with van der Waals surface area (Å²) in [5.74, 6) is 0.103. The Morgan fingerprint density at radius 3 is 2.74 bits per heavy atom. The lowest BCUT2D eigenvalue weighted by molar-refractivity contribution is -0.115. The Morgan fingerprint density at radius 1 is 1.26 bits per heavy atom. The molecule has 0 aliphatic carbocycles. The maximum Gasteiger partial charge on any atom is 0.338 e. The van der Waals surface area contributed by atoms with Crippen LogP contribution in [0.2, 0.25) is 0 Å². The quantitative estimate of drug-likeness (QED) is 0.512. The lowest BCUT2D eigenvalue weighted by Gasteiger charge is -2.03. The van der Waals surface area contributed by atoms with Gasteiger partial charge in [-0.1, -0.05) is 16.5 Å². The Bertz CT molecular complexity index is 1180. The Balaban J connectivity index is 1.66. The fourth-order valence-electron chi connectivity index (χ4n) is 2.78. The number of fused-ring (bicyclic) bond motifs is 1. The van der Waals surface area contributed by atoms with Crippen LogP contribution in [0.4, 0.5) is 5.82 Å². The highest BCUT2D eigenvalue weighted by atomic mass is 32.2. The fourth-order valence-corrected chi connectivity index (χ4v) is 4.53. The van der Waals surface area contributed by atoms with Crippen molar-refractivity contribution in [2.75, 3.05) is 23.4 Å². The summed E-state index contributed by atoms with van der Waals surface area (Å²) in [7, 11) is 0. The molecule has 1 aromatic carbocycles. The molecule has 0 saturated heterocycles. The topological polar surface area (TPSA) is 116 Å². The predicted octanol–water partition coefficient (Wildman–Crippen LogP) is 3.00. The third-order valence-electron chi connectivity index (χ3n) is 4.08. The van der Waals surface area contributed by atoms with Crippen LogP contribution in [0.1, 0.15) is 30.0 Å². The van der Waals surface area contributed by atoms with Crippen molar-refractivity contribution in [3.63, 3.8) is 0 Å². The number of rotatable bonds is 8. The number of aryl methyl sites for hydroxylation is 2. The summed E-state index contributed by atoms with van der Waals surface area (Å²) < 4.78 is 12.7. The number of nitrogens with one attached hydrogen (secondary N) is 1. The summed E-state index contributed by atoms with van der Waals surface area (Å²) in [6.45, 7) is 6.37. The molecule has 1 N–H and O–H groups in total. The van der Waals surface area contributed by atoms with Crippen LogP contribution in [-0.2, 0) is 20.9 Å². The molecule has 0 aliphatic heterocycles. The first kappa shape index (κ1) is 22.8. The van der Waals surface area contributed by atoms with Crippen LogP contribution in [0, 0.1) is 6.92 Å². The van der Waals surface area contributed by atoms with E-state index in [0.29, 0.717) is 35.1 Å². The van der Waals surface area contributed by atoms with Gasteiger partial charge in [0, 0.05) is 12.6 Å². The summed E-state index contributed by atoms with van der Waals surface area (Å²) >= 11 is 2.50. The molecule has 11 heteroatoms. The molecule has 2 aromatic heterocycles. The van der Waals surface area contributed by atoms with E-state index in [1.807, 2.05) is 17.6 Å². The molecule has 2 amide bonds. The van der Waals surface area contributed by atoms with Gasteiger partial charge >= 0.3 is 5.97 Å². The minimum absolute atomic E-state index is 0.0668. The van der Waals surface area contributed by atoms with Crippen molar-refractivity contribution in [2.45, 2.75) is 27.3 Å². The highest BCUT2D eigenvalue weighted by molar-refractivity contribution is 8.00. The Morgan fingerprint density at radius 2 is 2.06 bits per heavy atom. The normalized spacial score (nSPS) is 11.6. The van der Waals surface area contributed by atoms with Gasteiger partial charge in [0.15, 0.2) is 10.6 Å². The minimum atomic E-state index is -0.383. The number of hydrogen-bond acceptors (Lipinski definition) is 8. The highest BCUT2D eigenvalue weighted by Gasteiger charge is 2.12. The second kappa shape index (κ2) is 10.4. The number of thiazole rings is 1. The summed E-state index contributed by atoms with van der Waals surface area (Å²) in [6.07, 6.45) is 0. The maximum absolute atomic E-state index is 12.3. The van der Waals surface area contributed by atoms with Crippen LogP contribution in [0.3, 0.4) is 0 Å². The molecule has 3 aromatic rings. The van der Waals surface area contributed by atoms with Gasteiger partial charge in [0.05, 0.1) is 33.9 Å². The number of anilines is 1. The lowest BCUT2D eigenvalue weighted by Crippen LogP contribution is -2.18. The molecular formula is C20H22N4O5S2. The Labute approximate surface area is 186 Å². The van der Waals surface area contributed by atoms with Crippen molar-refractivity contribution in [1.82, 2.24) is 9.72 Å². The van der Waals surface area contributed by atoms with E-state index in [-0.39, 0.29) is 29.3 Å². The van der Waals surface area contributed by atoms with Crippen molar-refractivity contribution in [1.29, 1.82) is 0 Å². The monoisotopic (exact) mass is 462 g/mol. The van der Waals surface area contributed by atoms with E-state index in [2.05, 4.69) is 15.5 Å². The largest absolute Gasteiger partial charge is 0.462 e. The molecule has 0 radical (unpaired) electrons. The second-order valence-corrected chi connectivity index (χ2v) is 8.40. The molecular weight excluding hydrogens is 440 g/mol. The van der Waals surface area contributed by atoms with Crippen molar-refractivity contribution in [2.24, 2.45) is 4.99 Å². The molecule has 0 saturated carbocycles. The van der Waals surface area contributed by atoms with Gasteiger partial charge < -0.3 is 19.1 Å². The average Bonchev–Trinajstić information content (AvgIpc) is 3.29. The van der Waals surface area contributed by atoms with Crippen molar-refractivity contribution < 1.29 is 23.6 Å². The molecule has 2 heterocycles. The zero-order valence-electron chi connectivity index (χ0n) is 17.3. The number of hydrogen-bond donors (Lipinski definition) is 1. The number of aromatic nitrogens is 2. The van der Waals surface area contributed by atoms with Crippen LogP contribution in [0.25, 0.3) is 10.2 Å². The number of carbonyl (C=O) groups is 3. The van der Waals surface area contributed by atoms with Gasteiger partial charge in [-0.2, -0.15) is 4.99 Å². The first-order valence-electron chi connectivity index (χ1n) is 9.60. The number of esters is 1. The predicted molar refractivity (Wildman–Crippen MR) is 119 cm³/mol. The van der Waals surface area contributed by atoms with Crippen LogP contribution >= 0.6 is 23.1 Å². The average molecular weight is 463 g/mol. The first-order valence-corrected chi connectivity index (χ1v) is 11.6. The molecule has 9 nitrogen and oxygen atoms in total. The molecule has 164 valence electrons. The van der Waals surface area contributed by atoms with Crippen molar-refractivity contribution >= 4 is 56.9 Å². The van der Waals surface area contributed by atoms with E-state index in [9.17, 15) is 14.4 Å². The summed E-state index contributed by atoms with van der Waals surface area (Å²) in [6, 6.07) is 6.89. The first-order chi connectivity index (χ1) is 14.9. The van der Waals surface area contributed by atoms with E-state index in [4.69, 9.17) is 9.26 Å². The van der Waals surface area contributed by atoms with Gasteiger partial charge in [0.2, 0.25) is 5.91 Å². The van der Waals surface area contributed by atoms with Crippen LogP contribution in [-0.4, -0.2) is 45.6 Å². The maximum atomic E-state index is 12.3. The molecule has 0 bridgehead atoms. The van der Waals surface area contributed by atoms with Gasteiger partial charge in [0.25, 0.3) is 5.91 Å². The molecule has 0 fully saturated rings. The van der Waals surface area contributed by atoms with Crippen LogP contribution < -0.4 is 10.1 Å². The van der Waals surface area contributed by atoms with E-state index in [1.54, 1.807) is 32.0 Å². The van der Waals surface area contributed by atoms with E-state index >= 15 is 0 Å². The molecule has 31 heavy (non-hydrogen) atoms. The Hall–Kier alpha value is -2.92. The van der Waals surface area contributed by atoms with Crippen LogP contribution in [0.5, 0.6) is 0 Å². The minimum Gasteiger partial charge on any atom is -0.462 e. The Kier molecular flexibility index (Phi) is 7.64. The SMILES string of the molecule is CCOC(=O)c1ccc2c(c1)sc(=NC(=O)CSCC(=O)Nc1cc(C)on1)n2CC. The number of amides is 2. The van der Waals surface area contributed by atoms with Gasteiger partial charge in [0.1, 0.15) is 5.76 Å². The molecule has 0 unspecified atom stereocenters. The third kappa shape index (κ3) is 5.82. The van der Waals surface area contributed by atoms with E-state index in [1.165, 1.54) is 23.1 Å². The third-order valence-corrected chi connectivity index (χ3v) is 6.04. The van der Waals surface area contributed by atoms with E-state index < -0.39 is 0 Å². The highest BCUT2D eigenvalue weighted by Crippen LogP contribution is 2.20. The smallest absolute Gasteiger partial charge is 0.338 e. The summed E-state index contributed by atoms with van der Waals surface area (Å²) in [4.78, 5) is 41.0. The number of carbonyl (C=O) groups excluding carboxylic acids is 3. The molecule has 0 spiro atoms.